The largest absolute Gasteiger partial charge is 0.359 e. The highest BCUT2D eigenvalue weighted by Gasteiger charge is 2.42. The number of hydrogen-bond acceptors (Lipinski definition) is 2. The average molecular weight is 422 g/mol. The van der Waals surface area contributed by atoms with Crippen LogP contribution in [-0.4, -0.2) is 25.0 Å². The first-order chi connectivity index (χ1) is 15.6. The van der Waals surface area contributed by atoms with Crippen LogP contribution in [0.5, 0.6) is 0 Å². The van der Waals surface area contributed by atoms with Crippen molar-refractivity contribution in [3.8, 4) is 11.1 Å². The molecule has 0 bridgehead atoms. The first-order valence-electron chi connectivity index (χ1n) is 11.2. The van der Waals surface area contributed by atoms with Gasteiger partial charge < -0.3 is 9.64 Å². The molecule has 2 aliphatic rings. The van der Waals surface area contributed by atoms with Crippen LogP contribution in [-0.2, 0) is 16.9 Å². The van der Waals surface area contributed by atoms with E-state index in [-0.39, 0.29) is 6.04 Å². The van der Waals surface area contributed by atoms with Gasteiger partial charge in [-0.25, -0.2) is 0 Å². The number of ether oxygens (including phenoxy) is 1. The lowest BCUT2D eigenvalue weighted by atomic mass is 9.80. The second-order valence-electron chi connectivity index (χ2n) is 8.47. The number of likely N-dealkylation sites (N-methyl/N-ethyl adjacent to an activating group) is 1. The molecule has 0 spiro atoms. The van der Waals surface area contributed by atoms with E-state index in [0.29, 0.717) is 6.61 Å². The summed E-state index contributed by atoms with van der Waals surface area (Å²) in [6.45, 7) is 2.84. The average Bonchev–Trinajstić information content (AvgIpc) is 3.47. The second kappa shape index (κ2) is 9.95. The molecule has 0 fully saturated rings. The normalized spacial score (nSPS) is 12.6. The van der Waals surface area contributed by atoms with Crippen molar-refractivity contribution in [2.75, 3.05) is 14.1 Å². The minimum absolute atomic E-state index is 0.163. The molecular weight excluding hydrogens is 390 g/mol. The predicted molar refractivity (Wildman–Crippen MR) is 133 cm³/mol. The molecule has 3 aromatic carbocycles. The fourth-order valence-electron chi connectivity index (χ4n) is 4.16. The monoisotopic (exact) mass is 421 g/mol. The molecule has 2 aliphatic carbocycles. The maximum Gasteiger partial charge on any atom is 0.134 e. The van der Waals surface area contributed by atoms with E-state index in [1.807, 2.05) is 36.4 Å². The van der Waals surface area contributed by atoms with Crippen LogP contribution in [0.2, 0.25) is 0 Å². The van der Waals surface area contributed by atoms with Crippen molar-refractivity contribution < 1.29 is 4.74 Å². The zero-order valence-electron chi connectivity index (χ0n) is 19.1. The molecule has 3 aromatic rings. The summed E-state index contributed by atoms with van der Waals surface area (Å²) in [4.78, 5) is 2.24. The van der Waals surface area contributed by atoms with Gasteiger partial charge in [0, 0.05) is 6.04 Å². The summed E-state index contributed by atoms with van der Waals surface area (Å²) < 4.78 is 6.80. The summed E-state index contributed by atoms with van der Waals surface area (Å²) in [5, 5.41) is 0. The lowest BCUT2D eigenvalue weighted by Gasteiger charge is -2.43. The van der Waals surface area contributed by atoms with Crippen molar-refractivity contribution in [3.63, 3.8) is 0 Å². The summed E-state index contributed by atoms with van der Waals surface area (Å²) in [6.07, 6.45) is 0. The Bertz CT molecular complexity index is 1020. The van der Waals surface area contributed by atoms with Crippen LogP contribution in [0.1, 0.15) is 23.6 Å². The van der Waals surface area contributed by atoms with Gasteiger partial charge >= 0.3 is 0 Å². The van der Waals surface area contributed by atoms with E-state index < -0.39 is 5.60 Å². The molecular formula is C30H31NO. The summed E-state index contributed by atoms with van der Waals surface area (Å²) in [6, 6.07) is 40.0. The molecule has 0 unspecified atom stereocenters. The topological polar surface area (TPSA) is 12.5 Å². The Balaban J connectivity index is 0.000000354. The zero-order valence-corrected chi connectivity index (χ0v) is 19.1. The molecule has 2 heteroatoms. The number of fused-ring (bicyclic) bond motifs is 1. The fraction of sp³-hybridized carbons (Fsp3) is 0.200. The molecule has 0 radical (unpaired) electrons. The molecule has 0 saturated carbocycles. The van der Waals surface area contributed by atoms with E-state index in [4.69, 9.17) is 4.74 Å². The van der Waals surface area contributed by atoms with Gasteiger partial charge in [0.25, 0.3) is 0 Å². The van der Waals surface area contributed by atoms with Gasteiger partial charge in [-0.05, 0) is 67.0 Å². The third-order valence-corrected chi connectivity index (χ3v) is 6.14. The molecule has 0 amide bonds. The van der Waals surface area contributed by atoms with Crippen LogP contribution >= 0.6 is 0 Å². The van der Waals surface area contributed by atoms with E-state index in [2.05, 4.69) is 105 Å². The molecule has 32 heavy (non-hydrogen) atoms. The minimum atomic E-state index is -0.535. The Morgan fingerprint density at radius 2 is 1.06 bits per heavy atom. The maximum atomic E-state index is 6.80. The van der Waals surface area contributed by atoms with Gasteiger partial charge in [-0.3, -0.25) is 0 Å². The van der Waals surface area contributed by atoms with E-state index in [1.54, 1.807) is 0 Å². The number of rotatable bonds is 7. The van der Waals surface area contributed by atoms with Gasteiger partial charge in [0.1, 0.15) is 5.60 Å². The lowest BCUT2D eigenvalue weighted by Crippen LogP contribution is -2.48. The maximum absolute atomic E-state index is 6.80. The van der Waals surface area contributed by atoms with Crippen LogP contribution < -0.4 is 0 Å². The third-order valence-electron chi connectivity index (χ3n) is 6.14. The molecule has 1 atom stereocenters. The van der Waals surface area contributed by atoms with Gasteiger partial charge in [0.2, 0.25) is 0 Å². The zero-order chi connectivity index (χ0) is 22.4. The van der Waals surface area contributed by atoms with E-state index >= 15 is 0 Å². The van der Waals surface area contributed by atoms with Crippen molar-refractivity contribution >= 4 is 0 Å². The van der Waals surface area contributed by atoms with Crippen molar-refractivity contribution in [2.45, 2.75) is 25.2 Å². The van der Waals surface area contributed by atoms with Crippen molar-refractivity contribution in [1.82, 2.24) is 4.90 Å². The Morgan fingerprint density at radius 1 is 0.656 bits per heavy atom. The third kappa shape index (κ3) is 4.83. The van der Waals surface area contributed by atoms with Crippen LogP contribution in [0.4, 0.5) is 0 Å². The molecule has 5 rings (SSSR count). The van der Waals surface area contributed by atoms with Crippen LogP contribution in [0.15, 0.2) is 115 Å². The second-order valence-corrected chi connectivity index (χ2v) is 8.47. The van der Waals surface area contributed by atoms with Crippen LogP contribution in [0, 0.1) is 0 Å². The van der Waals surface area contributed by atoms with Crippen molar-refractivity contribution in [3.05, 3.63) is 132 Å². The van der Waals surface area contributed by atoms with Gasteiger partial charge in [0.15, 0.2) is 0 Å². The van der Waals surface area contributed by atoms with Crippen LogP contribution in [0.25, 0.3) is 11.1 Å². The minimum Gasteiger partial charge on any atom is -0.359 e. The van der Waals surface area contributed by atoms with Gasteiger partial charge in [-0.1, -0.05) is 97.1 Å². The summed E-state index contributed by atoms with van der Waals surface area (Å²) in [5.41, 5.74) is 5.79. The van der Waals surface area contributed by atoms with Gasteiger partial charge in [0.05, 0.1) is 6.61 Å². The highest BCUT2D eigenvalue weighted by molar-refractivity contribution is 5.82. The van der Waals surface area contributed by atoms with Crippen LogP contribution in [0.3, 0.4) is 0 Å². The highest BCUT2D eigenvalue weighted by atomic mass is 16.5. The summed E-state index contributed by atoms with van der Waals surface area (Å²) in [7, 11) is 4.23. The van der Waals surface area contributed by atoms with Crippen molar-refractivity contribution in [2.24, 2.45) is 0 Å². The molecule has 0 aromatic heterocycles. The quantitative estimate of drug-likeness (QED) is 0.288. The number of hydrogen-bond donors (Lipinski definition) is 0. The van der Waals surface area contributed by atoms with E-state index in [0.717, 1.165) is 0 Å². The molecule has 162 valence electrons. The molecule has 0 N–H and O–H groups in total. The van der Waals surface area contributed by atoms with Crippen molar-refractivity contribution in [1.29, 1.82) is 0 Å². The lowest BCUT2D eigenvalue weighted by molar-refractivity contribution is -0.0757. The number of nitrogens with zero attached hydrogens (tertiary/aromatic N) is 1. The SMILES string of the molecule is C[C@H](N(C)C)C(OCc1cc2cc-2c1)(c1ccccc1)c1ccccc1.c1ccccc1. The molecule has 2 nitrogen and oxygen atoms in total. The van der Waals surface area contributed by atoms with E-state index in [9.17, 15) is 0 Å². The highest BCUT2D eigenvalue weighted by Crippen LogP contribution is 2.41. The van der Waals surface area contributed by atoms with Gasteiger partial charge in [-0.15, -0.1) is 0 Å². The smallest absolute Gasteiger partial charge is 0.134 e. The molecule has 0 aliphatic heterocycles. The summed E-state index contributed by atoms with van der Waals surface area (Å²) in [5.74, 6) is 0. The molecule has 0 saturated heterocycles. The standard InChI is InChI=1S/C24H25NO.C6H6/c1-18(25(2)3)24(22-10-6-4-7-11-22,23-12-8-5-9-13-23)26-17-19-14-20-16-21(20)15-19;1-2-4-6-5-3-1/h4-16,18H,17H2,1-3H3;1-6H/t18-;/m0./s1. The van der Waals surface area contributed by atoms with Gasteiger partial charge in [-0.2, -0.15) is 0 Å². The first-order valence-corrected chi connectivity index (χ1v) is 11.2. The van der Waals surface area contributed by atoms with E-state index in [1.165, 1.54) is 27.8 Å². The summed E-state index contributed by atoms with van der Waals surface area (Å²) >= 11 is 0. The predicted octanol–water partition coefficient (Wildman–Crippen LogP) is 6.76. The Hall–Kier alpha value is -3.20. The number of benzene rings is 4. The first kappa shape index (κ1) is 22.0. The fourth-order valence-corrected chi connectivity index (χ4v) is 4.16. The Kier molecular flexibility index (Phi) is 6.84. The Morgan fingerprint density at radius 3 is 1.47 bits per heavy atom. The molecule has 0 heterocycles. The Labute approximate surface area is 192 Å².